The third-order valence-corrected chi connectivity index (χ3v) is 2.62. The molecule has 2 heterocycles. The van der Waals surface area contributed by atoms with Gasteiger partial charge in [-0.3, -0.25) is 4.98 Å². The van der Waals surface area contributed by atoms with E-state index in [1.807, 2.05) is 38.2 Å². The first-order valence-corrected chi connectivity index (χ1v) is 5.64. The first kappa shape index (κ1) is 11.7. The molecule has 2 aromatic heterocycles. The first-order chi connectivity index (χ1) is 8.16. The Hall–Kier alpha value is -1.81. The molecule has 0 unspecified atom stereocenters. The molecule has 0 amide bonds. The Kier molecular flexibility index (Phi) is 3.44. The van der Waals surface area contributed by atoms with Gasteiger partial charge in [0.2, 0.25) is 0 Å². The van der Waals surface area contributed by atoms with Gasteiger partial charge in [-0.2, -0.15) is 0 Å². The van der Waals surface area contributed by atoms with Crippen molar-refractivity contribution in [2.24, 2.45) is 5.73 Å². The number of pyridine rings is 1. The number of aryl methyl sites for hydroxylation is 1. The van der Waals surface area contributed by atoms with Crippen LogP contribution in [0.25, 0.3) is 0 Å². The Bertz CT molecular complexity index is 494. The smallest absolute Gasteiger partial charge is 0.134 e. The van der Waals surface area contributed by atoms with Gasteiger partial charge >= 0.3 is 0 Å². The van der Waals surface area contributed by atoms with E-state index < -0.39 is 0 Å². The summed E-state index contributed by atoms with van der Waals surface area (Å²) in [6.45, 7) is 3.90. The second-order valence-electron chi connectivity index (χ2n) is 4.11. The van der Waals surface area contributed by atoms with Crippen molar-refractivity contribution in [2.45, 2.75) is 26.3 Å². The highest BCUT2D eigenvalue weighted by molar-refractivity contribution is 5.20. The number of aromatic nitrogens is 3. The molecule has 88 valence electrons. The average Bonchev–Trinajstić information content (AvgIpc) is 2.30. The standard InChI is InChI=1S/C13H16N4/c1-9(14)12-8-16-13(17-10(12)2)7-11-5-3-4-6-15-11/h3-6,8-9H,7,14H2,1-2H3/t9-/m1/s1. The zero-order valence-corrected chi connectivity index (χ0v) is 10.1. The van der Waals surface area contributed by atoms with Gasteiger partial charge < -0.3 is 5.73 Å². The summed E-state index contributed by atoms with van der Waals surface area (Å²) in [5, 5.41) is 0. The lowest BCUT2D eigenvalue weighted by Crippen LogP contribution is -2.10. The lowest BCUT2D eigenvalue weighted by atomic mass is 10.1. The van der Waals surface area contributed by atoms with Crippen molar-refractivity contribution in [2.75, 3.05) is 0 Å². The topological polar surface area (TPSA) is 64.7 Å². The fraction of sp³-hybridized carbons (Fsp3) is 0.308. The fourth-order valence-corrected chi connectivity index (χ4v) is 1.72. The molecule has 0 saturated heterocycles. The molecule has 17 heavy (non-hydrogen) atoms. The molecule has 0 radical (unpaired) electrons. The molecule has 4 heteroatoms. The molecule has 2 rings (SSSR count). The molecule has 2 aromatic rings. The van der Waals surface area contributed by atoms with Gasteiger partial charge in [0.05, 0.1) is 6.42 Å². The number of nitrogens with two attached hydrogens (primary N) is 1. The molecule has 0 aliphatic heterocycles. The van der Waals surface area contributed by atoms with Crippen molar-refractivity contribution >= 4 is 0 Å². The Morgan fingerprint density at radius 3 is 2.71 bits per heavy atom. The van der Waals surface area contributed by atoms with Gasteiger partial charge in [0.25, 0.3) is 0 Å². The van der Waals surface area contributed by atoms with Crippen LogP contribution in [0.15, 0.2) is 30.6 Å². The third-order valence-electron chi connectivity index (χ3n) is 2.62. The molecule has 0 spiro atoms. The van der Waals surface area contributed by atoms with Crippen LogP contribution < -0.4 is 5.73 Å². The molecule has 2 N–H and O–H groups in total. The monoisotopic (exact) mass is 228 g/mol. The van der Waals surface area contributed by atoms with Crippen LogP contribution in [0.2, 0.25) is 0 Å². The van der Waals surface area contributed by atoms with Crippen molar-refractivity contribution in [3.63, 3.8) is 0 Å². The zero-order chi connectivity index (χ0) is 12.3. The summed E-state index contributed by atoms with van der Waals surface area (Å²) in [6, 6.07) is 5.80. The highest BCUT2D eigenvalue weighted by Crippen LogP contribution is 2.12. The maximum atomic E-state index is 5.82. The molecule has 4 nitrogen and oxygen atoms in total. The van der Waals surface area contributed by atoms with E-state index in [4.69, 9.17) is 5.73 Å². The summed E-state index contributed by atoms with van der Waals surface area (Å²) < 4.78 is 0. The number of hydrogen-bond acceptors (Lipinski definition) is 4. The van der Waals surface area contributed by atoms with E-state index in [1.54, 1.807) is 6.20 Å². The van der Waals surface area contributed by atoms with Crippen LogP contribution in [0.4, 0.5) is 0 Å². The van der Waals surface area contributed by atoms with Gasteiger partial charge in [-0.25, -0.2) is 9.97 Å². The van der Waals surface area contributed by atoms with Crippen LogP contribution in [0.1, 0.15) is 35.7 Å². The maximum absolute atomic E-state index is 5.82. The number of hydrogen-bond donors (Lipinski definition) is 1. The summed E-state index contributed by atoms with van der Waals surface area (Å²) in [4.78, 5) is 13.0. The molecule has 0 saturated carbocycles. The minimum absolute atomic E-state index is 0.0288. The Morgan fingerprint density at radius 2 is 2.12 bits per heavy atom. The van der Waals surface area contributed by atoms with Crippen LogP contribution >= 0.6 is 0 Å². The lowest BCUT2D eigenvalue weighted by Gasteiger charge is -2.09. The molecule has 0 aromatic carbocycles. The second-order valence-corrected chi connectivity index (χ2v) is 4.11. The predicted octanol–water partition coefficient (Wildman–Crippen LogP) is 1.79. The highest BCUT2D eigenvalue weighted by atomic mass is 14.9. The van der Waals surface area contributed by atoms with Crippen LogP contribution in [-0.4, -0.2) is 15.0 Å². The van der Waals surface area contributed by atoms with Crippen molar-refractivity contribution in [3.05, 3.63) is 53.4 Å². The SMILES string of the molecule is Cc1nc(Cc2ccccn2)ncc1[C@@H](C)N. The average molecular weight is 228 g/mol. The Morgan fingerprint density at radius 1 is 1.29 bits per heavy atom. The van der Waals surface area contributed by atoms with E-state index in [0.717, 1.165) is 22.8 Å². The first-order valence-electron chi connectivity index (χ1n) is 5.64. The molecule has 0 aliphatic rings. The largest absolute Gasteiger partial charge is 0.324 e. The summed E-state index contributed by atoms with van der Waals surface area (Å²) in [5.41, 5.74) is 8.74. The van der Waals surface area contributed by atoms with Crippen molar-refractivity contribution in [3.8, 4) is 0 Å². The molecular formula is C13H16N4. The van der Waals surface area contributed by atoms with E-state index in [9.17, 15) is 0 Å². The zero-order valence-electron chi connectivity index (χ0n) is 10.1. The summed E-state index contributed by atoms with van der Waals surface area (Å²) in [5.74, 6) is 0.783. The lowest BCUT2D eigenvalue weighted by molar-refractivity contribution is 0.775. The highest BCUT2D eigenvalue weighted by Gasteiger charge is 2.07. The summed E-state index contributed by atoms with van der Waals surface area (Å²) in [6.07, 6.45) is 4.24. The van der Waals surface area contributed by atoms with E-state index in [0.29, 0.717) is 6.42 Å². The normalized spacial score (nSPS) is 12.4. The predicted molar refractivity (Wildman–Crippen MR) is 66.4 cm³/mol. The quantitative estimate of drug-likeness (QED) is 0.869. The maximum Gasteiger partial charge on any atom is 0.134 e. The van der Waals surface area contributed by atoms with Crippen LogP contribution in [-0.2, 0) is 6.42 Å². The van der Waals surface area contributed by atoms with Crippen molar-refractivity contribution in [1.82, 2.24) is 15.0 Å². The Balaban J connectivity index is 2.21. The molecule has 0 fully saturated rings. The van der Waals surface area contributed by atoms with Crippen LogP contribution in [0, 0.1) is 6.92 Å². The van der Waals surface area contributed by atoms with E-state index in [1.165, 1.54) is 0 Å². The van der Waals surface area contributed by atoms with Gasteiger partial charge in [-0.15, -0.1) is 0 Å². The molecule has 1 atom stereocenters. The number of nitrogens with zero attached hydrogens (tertiary/aromatic N) is 3. The summed E-state index contributed by atoms with van der Waals surface area (Å²) in [7, 11) is 0. The van der Waals surface area contributed by atoms with Gasteiger partial charge in [-0.1, -0.05) is 6.07 Å². The van der Waals surface area contributed by atoms with Crippen molar-refractivity contribution in [1.29, 1.82) is 0 Å². The van der Waals surface area contributed by atoms with Crippen molar-refractivity contribution < 1.29 is 0 Å². The second kappa shape index (κ2) is 5.01. The van der Waals surface area contributed by atoms with Gasteiger partial charge in [0, 0.05) is 35.4 Å². The molecular weight excluding hydrogens is 212 g/mol. The summed E-state index contributed by atoms with van der Waals surface area (Å²) >= 11 is 0. The third kappa shape index (κ3) is 2.85. The number of rotatable bonds is 3. The Labute approximate surface area is 101 Å². The molecule has 0 aliphatic carbocycles. The van der Waals surface area contributed by atoms with E-state index in [2.05, 4.69) is 15.0 Å². The van der Waals surface area contributed by atoms with Crippen LogP contribution in [0.3, 0.4) is 0 Å². The van der Waals surface area contributed by atoms with Gasteiger partial charge in [0.15, 0.2) is 0 Å². The van der Waals surface area contributed by atoms with Gasteiger partial charge in [0.1, 0.15) is 5.82 Å². The van der Waals surface area contributed by atoms with E-state index >= 15 is 0 Å². The molecule has 0 bridgehead atoms. The fourth-order valence-electron chi connectivity index (χ4n) is 1.72. The minimum atomic E-state index is -0.0288. The van der Waals surface area contributed by atoms with Crippen LogP contribution in [0.5, 0.6) is 0 Å². The minimum Gasteiger partial charge on any atom is -0.324 e. The van der Waals surface area contributed by atoms with E-state index in [-0.39, 0.29) is 6.04 Å². The van der Waals surface area contributed by atoms with Gasteiger partial charge in [-0.05, 0) is 26.0 Å².